The lowest BCUT2D eigenvalue weighted by Crippen LogP contribution is -2.46. The molecule has 2 saturated heterocycles. The van der Waals surface area contributed by atoms with Crippen molar-refractivity contribution in [2.45, 2.75) is 18.9 Å². The van der Waals surface area contributed by atoms with E-state index in [0.29, 0.717) is 29.0 Å². The van der Waals surface area contributed by atoms with Crippen LogP contribution in [0.4, 0.5) is 23.0 Å². The Bertz CT molecular complexity index is 1520. The van der Waals surface area contributed by atoms with Crippen molar-refractivity contribution >= 4 is 33.9 Å². The lowest BCUT2D eigenvalue weighted by atomic mass is 9.90. The number of piperidine rings is 1. The Kier molecular flexibility index (Phi) is 7.23. The molecule has 2 aliphatic rings. The molecule has 0 radical (unpaired) electrons. The fourth-order valence-corrected chi connectivity index (χ4v) is 5.86. The van der Waals surface area contributed by atoms with E-state index in [2.05, 4.69) is 37.2 Å². The standard InChI is InChI=1S/C29H33N7O4/c1-34-18-21(20-5-3-4-6-24(20)34)22-7-10-31-29(32-22)33-23-15-26(36(37)38)25(16-27(23)39-2)35-12-8-19(9-13-35)28-17-30-11-14-40-28/h3-7,10,15-16,18-19,28,30H,8-9,11-14,17H2,1-2H3,(H,31,32,33). The van der Waals surface area contributed by atoms with Gasteiger partial charge in [-0.2, -0.15) is 0 Å². The number of nitro groups is 1. The van der Waals surface area contributed by atoms with Crippen LogP contribution in [0.15, 0.2) is 54.9 Å². The molecule has 2 fully saturated rings. The third kappa shape index (κ3) is 5.05. The van der Waals surface area contributed by atoms with E-state index in [0.717, 1.165) is 67.8 Å². The molecule has 0 aliphatic carbocycles. The topological polar surface area (TPSA) is 120 Å². The highest BCUT2D eigenvalue weighted by molar-refractivity contribution is 5.95. The molecular weight excluding hydrogens is 510 g/mol. The van der Waals surface area contributed by atoms with Gasteiger partial charge in [0.15, 0.2) is 0 Å². The van der Waals surface area contributed by atoms with Crippen molar-refractivity contribution in [1.82, 2.24) is 19.9 Å². The van der Waals surface area contributed by atoms with Gasteiger partial charge in [0, 0.05) is 74.2 Å². The molecule has 0 bridgehead atoms. The minimum absolute atomic E-state index is 0.0162. The van der Waals surface area contributed by atoms with Crippen LogP contribution in [0.3, 0.4) is 0 Å². The van der Waals surface area contributed by atoms with Crippen LogP contribution in [-0.4, -0.2) is 65.5 Å². The summed E-state index contributed by atoms with van der Waals surface area (Å²) in [5.41, 5.74) is 3.84. The number of aromatic nitrogens is 3. The second-order valence-corrected chi connectivity index (χ2v) is 10.3. The molecule has 40 heavy (non-hydrogen) atoms. The predicted molar refractivity (Wildman–Crippen MR) is 154 cm³/mol. The molecule has 0 amide bonds. The minimum Gasteiger partial charge on any atom is -0.494 e. The summed E-state index contributed by atoms with van der Waals surface area (Å²) in [5, 5.41) is 19.8. The van der Waals surface area contributed by atoms with E-state index in [1.54, 1.807) is 19.4 Å². The van der Waals surface area contributed by atoms with Gasteiger partial charge in [0.1, 0.15) is 11.4 Å². The molecule has 208 valence electrons. The maximum atomic E-state index is 12.2. The second kappa shape index (κ2) is 11.1. The van der Waals surface area contributed by atoms with Gasteiger partial charge in [0.2, 0.25) is 5.95 Å². The Labute approximate surface area is 232 Å². The SMILES string of the molecule is COc1cc(N2CCC(C3CNCCO3)CC2)c([N+](=O)[O-])cc1Nc1nccc(-c2cn(C)c3ccccc23)n1. The van der Waals surface area contributed by atoms with Crippen LogP contribution >= 0.6 is 0 Å². The normalized spacial score (nSPS) is 18.1. The van der Waals surface area contributed by atoms with Crippen molar-refractivity contribution in [2.75, 3.05) is 50.1 Å². The van der Waals surface area contributed by atoms with Gasteiger partial charge in [0.05, 0.1) is 36.1 Å². The molecule has 1 unspecified atom stereocenters. The summed E-state index contributed by atoms with van der Waals surface area (Å²) in [7, 11) is 3.56. The van der Waals surface area contributed by atoms with Crippen molar-refractivity contribution < 1.29 is 14.4 Å². The third-order valence-corrected chi connectivity index (χ3v) is 7.93. The zero-order valence-corrected chi connectivity index (χ0v) is 22.7. The zero-order valence-electron chi connectivity index (χ0n) is 22.7. The van der Waals surface area contributed by atoms with E-state index in [1.807, 2.05) is 31.4 Å². The van der Waals surface area contributed by atoms with Crippen LogP contribution < -0.4 is 20.3 Å². The Morgan fingerprint density at radius 1 is 1.20 bits per heavy atom. The van der Waals surface area contributed by atoms with Gasteiger partial charge < -0.3 is 29.6 Å². The summed E-state index contributed by atoms with van der Waals surface area (Å²) in [6, 6.07) is 13.2. The fourth-order valence-electron chi connectivity index (χ4n) is 5.86. The molecule has 2 N–H and O–H groups in total. The first-order chi connectivity index (χ1) is 19.5. The van der Waals surface area contributed by atoms with Crippen LogP contribution in [0.5, 0.6) is 5.75 Å². The van der Waals surface area contributed by atoms with Crippen molar-refractivity contribution in [2.24, 2.45) is 13.0 Å². The number of nitrogens with one attached hydrogen (secondary N) is 2. The second-order valence-electron chi connectivity index (χ2n) is 10.3. The first-order valence-corrected chi connectivity index (χ1v) is 13.6. The lowest BCUT2D eigenvalue weighted by Gasteiger charge is -2.38. The molecule has 6 rings (SSSR count). The molecule has 4 heterocycles. The number of rotatable bonds is 7. The number of fused-ring (bicyclic) bond motifs is 1. The average molecular weight is 544 g/mol. The van der Waals surface area contributed by atoms with Crippen LogP contribution in [0, 0.1) is 16.0 Å². The Morgan fingerprint density at radius 2 is 2.02 bits per heavy atom. The van der Waals surface area contributed by atoms with Gasteiger partial charge in [-0.1, -0.05) is 18.2 Å². The number of aryl methyl sites for hydroxylation is 1. The van der Waals surface area contributed by atoms with Crippen LogP contribution in [0.1, 0.15) is 12.8 Å². The number of nitrogens with zero attached hydrogens (tertiary/aromatic N) is 5. The predicted octanol–water partition coefficient (Wildman–Crippen LogP) is 4.50. The number of benzene rings is 2. The summed E-state index contributed by atoms with van der Waals surface area (Å²) in [6.07, 6.45) is 5.76. The number of nitro benzene ring substituents is 1. The minimum atomic E-state index is -0.340. The van der Waals surface area contributed by atoms with E-state index in [-0.39, 0.29) is 16.7 Å². The number of ether oxygens (including phenoxy) is 2. The molecule has 2 aromatic heterocycles. The number of anilines is 3. The van der Waals surface area contributed by atoms with Crippen molar-refractivity contribution in [3.8, 4) is 17.0 Å². The van der Waals surface area contributed by atoms with Crippen LogP contribution in [0.25, 0.3) is 22.2 Å². The molecule has 0 spiro atoms. The third-order valence-electron chi connectivity index (χ3n) is 7.93. The number of hydrogen-bond donors (Lipinski definition) is 2. The highest BCUT2D eigenvalue weighted by Crippen LogP contribution is 2.41. The van der Waals surface area contributed by atoms with E-state index in [9.17, 15) is 10.1 Å². The molecule has 0 saturated carbocycles. The number of morpholine rings is 1. The van der Waals surface area contributed by atoms with E-state index in [4.69, 9.17) is 14.5 Å². The molecular formula is C29H33N7O4. The molecule has 4 aromatic rings. The maximum Gasteiger partial charge on any atom is 0.294 e. The largest absolute Gasteiger partial charge is 0.494 e. The number of methoxy groups -OCH3 is 1. The molecule has 2 aromatic carbocycles. The Balaban J connectivity index is 1.26. The summed E-state index contributed by atoms with van der Waals surface area (Å²) in [6.45, 7) is 3.93. The smallest absolute Gasteiger partial charge is 0.294 e. The van der Waals surface area contributed by atoms with Gasteiger partial charge in [-0.25, -0.2) is 9.97 Å². The molecule has 2 aliphatic heterocycles. The highest BCUT2D eigenvalue weighted by atomic mass is 16.6. The summed E-state index contributed by atoms with van der Waals surface area (Å²) in [5.74, 6) is 1.26. The Morgan fingerprint density at radius 3 is 2.77 bits per heavy atom. The first-order valence-electron chi connectivity index (χ1n) is 13.6. The van der Waals surface area contributed by atoms with Gasteiger partial charge >= 0.3 is 0 Å². The van der Waals surface area contributed by atoms with Crippen molar-refractivity contribution in [3.63, 3.8) is 0 Å². The summed E-state index contributed by atoms with van der Waals surface area (Å²) >= 11 is 0. The first kappa shape index (κ1) is 26.0. The lowest BCUT2D eigenvalue weighted by molar-refractivity contribution is -0.384. The Hall–Kier alpha value is -4.22. The number of hydrogen-bond acceptors (Lipinski definition) is 9. The maximum absolute atomic E-state index is 12.2. The quantitative estimate of drug-likeness (QED) is 0.256. The van der Waals surface area contributed by atoms with Gasteiger partial charge in [-0.05, 0) is 30.9 Å². The van der Waals surface area contributed by atoms with E-state index < -0.39 is 0 Å². The molecule has 11 heteroatoms. The molecule has 1 atom stereocenters. The van der Waals surface area contributed by atoms with Crippen molar-refractivity contribution in [1.29, 1.82) is 0 Å². The van der Waals surface area contributed by atoms with Crippen molar-refractivity contribution in [3.05, 3.63) is 65.0 Å². The van der Waals surface area contributed by atoms with E-state index >= 15 is 0 Å². The average Bonchev–Trinajstić information content (AvgIpc) is 3.34. The molecule has 11 nitrogen and oxygen atoms in total. The summed E-state index contributed by atoms with van der Waals surface area (Å²) < 4.78 is 13.7. The summed E-state index contributed by atoms with van der Waals surface area (Å²) in [4.78, 5) is 23.0. The number of para-hydroxylation sites is 1. The van der Waals surface area contributed by atoms with Gasteiger partial charge in [0.25, 0.3) is 5.69 Å². The van der Waals surface area contributed by atoms with Gasteiger partial charge in [-0.3, -0.25) is 10.1 Å². The highest BCUT2D eigenvalue weighted by Gasteiger charge is 2.31. The van der Waals surface area contributed by atoms with E-state index in [1.165, 1.54) is 6.07 Å². The van der Waals surface area contributed by atoms with Crippen LogP contribution in [-0.2, 0) is 11.8 Å². The zero-order chi connectivity index (χ0) is 27.6. The van der Waals surface area contributed by atoms with Crippen LogP contribution in [0.2, 0.25) is 0 Å². The van der Waals surface area contributed by atoms with Gasteiger partial charge in [-0.15, -0.1) is 0 Å². The fraction of sp³-hybridized carbons (Fsp3) is 0.379. The monoisotopic (exact) mass is 543 g/mol.